The van der Waals surface area contributed by atoms with E-state index < -0.39 is 15.9 Å². The Balaban J connectivity index is 2.27. The van der Waals surface area contributed by atoms with Gasteiger partial charge in [0.05, 0.1) is 17.7 Å². The zero-order valence-corrected chi connectivity index (χ0v) is 12.7. The van der Waals surface area contributed by atoms with Crippen molar-refractivity contribution in [3.63, 3.8) is 0 Å². The molecule has 1 heterocycles. The first-order valence-electron chi connectivity index (χ1n) is 6.47. The van der Waals surface area contributed by atoms with E-state index in [1.54, 1.807) is 30.6 Å². The molecular weight excluding hydrogens is 290 g/mol. The van der Waals surface area contributed by atoms with Gasteiger partial charge in [0.2, 0.25) is 0 Å². The highest BCUT2D eigenvalue weighted by Gasteiger charge is 2.13. The third kappa shape index (κ3) is 3.80. The normalized spacial score (nSPS) is 12.9. The Bertz CT molecular complexity index is 711. The predicted molar refractivity (Wildman–Crippen MR) is 79.0 cm³/mol. The summed E-state index contributed by atoms with van der Waals surface area (Å²) >= 11 is 0. The Morgan fingerprint density at radius 2 is 1.86 bits per heavy atom. The summed E-state index contributed by atoms with van der Waals surface area (Å²) in [5.41, 5.74) is 1.19. The number of ether oxygens (including phenoxy) is 1. The summed E-state index contributed by atoms with van der Waals surface area (Å²) in [5.74, 6) is 0.585. The maximum absolute atomic E-state index is 11.4. The predicted octanol–water partition coefficient (Wildman–Crippen LogP) is 1.97. The number of sulfone groups is 1. The summed E-state index contributed by atoms with van der Waals surface area (Å²) in [5, 5.41) is 10.3. The maximum atomic E-state index is 11.4. The Morgan fingerprint density at radius 1 is 1.19 bits per heavy atom. The second-order valence-electron chi connectivity index (χ2n) is 4.63. The van der Waals surface area contributed by atoms with Crippen molar-refractivity contribution in [2.75, 3.05) is 12.9 Å². The van der Waals surface area contributed by atoms with Crippen LogP contribution in [0.1, 0.15) is 24.2 Å². The van der Waals surface area contributed by atoms with Gasteiger partial charge in [-0.1, -0.05) is 12.1 Å². The molecule has 2 aromatic rings. The quantitative estimate of drug-likeness (QED) is 0.914. The van der Waals surface area contributed by atoms with Crippen LogP contribution in [-0.4, -0.2) is 31.4 Å². The molecule has 0 saturated carbocycles. The fraction of sp³-hybridized carbons (Fsp3) is 0.267. The molecule has 0 bridgehead atoms. The van der Waals surface area contributed by atoms with Gasteiger partial charge in [0.15, 0.2) is 9.84 Å². The van der Waals surface area contributed by atoms with Gasteiger partial charge >= 0.3 is 0 Å². The second-order valence-corrected chi connectivity index (χ2v) is 6.65. The van der Waals surface area contributed by atoms with E-state index >= 15 is 0 Å². The maximum Gasteiger partial charge on any atom is 0.175 e. The van der Waals surface area contributed by atoms with E-state index in [1.807, 2.05) is 6.92 Å². The molecular formula is C15H17NO4S. The first-order chi connectivity index (χ1) is 9.91. The molecule has 2 rings (SSSR count). The summed E-state index contributed by atoms with van der Waals surface area (Å²) in [6, 6.07) is 7.86. The molecule has 1 aromatic carbocycles. The third-order valence-corrected chi connectivity index (χ3v) is 4.11. The lowest BCUT2D eigenvalue weighted by Gasteiger charge is -2.13. The molecule has 1 unspecified atom stereocenters. The number of aromatic nitrogens is 1. The van der Waals surface area contributed by atoms with Gasteiger partial charge in [0, 0.05) is 18.0 Å². The molecule has 0 radical (unpaired) electrons. The number of hydrogen-bond donors (Lipinski definition) is 1. The molecule has 0 aliphatic heterocycles. The molecule has 0 aliphatic rings. The van der Waals surface area contributed by atoms with Crippen LogP contribution in [0.5, 0.6) is 5.75 Å². The van der Waals surface area contributed by atoms with Crippen molar-refractivity contribution in [1.29, 1.82) is 0 Å². The Kier molecular flexibility index (Phi) is 4.59. The van der Waals surface area contributed by atoms with E-state index in [1.165, 1.54) is 12.1 Å². The number of aliphatic hydroxyl groups excluding tert-OH is 1. The molecule has 1 N–H and O–H groups in total. The number of pyridine rings is 1. The lowest BCUT2D eigenvalue weighted by Crippen LogP contribution is -2.03. The van der Waals surface area contributed by atoms with Crippen molar-refractivity contribution in [2.24, 2.45) is 0 Å². The topological polar surface area (TPSA) is 76.5 Å². The Hall–Kier alpha value is -1.92. The lowest BCUT2D eigenvalue weighted by atomic mass is 10.0. The first kappa shape index (κ1) is 15.5. The zero-order valence-electron chi connectivity index (χ0n) is 11.9. The van der Waals surface area contributed by atoms with E-state index in [4.69, 9.17) is 4.74 Å². The van der Waals surface area contributed by atoms with Gasteiger partial charge in [-0.05, 0) is 30.7 Å². The van der Waals surface area contributed by atoms with Gasteiger partial charge in [0.25, 0.3) is 0 Å². The van der Waals surface area contributed by atoms with E-state index in [9.17, 15) is 13.5 Å². The fourth-order valence-corrected chi connectivity index (χ4v) is 2.55. The lowest BCUT2D eigenvalue weighted by molar-refractivity contribution is 0.219. The summed E-state index contributed by atoms with van der Waals surface area (Å²) < 4.78 is 28.2. The van der Waals surface area contributed by atoms with E-state index in [0.29, 0.717) is 23.5 Å². The van der Waals surface area contributed by atoms with Crippen molar-refractivity contribution in [2.45, 2.75) is 17.9 Å². The smallest absolute Gasteiger partial charge is 0.175 e. The van der Waals surface area contributed by atoms with Crippen LogP contribution in [0.2, 0.25) is 0 Å². The summed E-state index contributed by atoms with van der Waals surface area (Å²) in [6.45, 7) is 2.39. The van der Waals surface area contributed by atoms with Gasteiger partial charge in [-0.15, -0.1) is 0 Å². The molecule has 112 valence electrons. The fourth-order valence-electron chi connectivity index (χ4n) is 1.92. The monoisotopic (exact) mass is 307 g/mol. The van der Waals surface area contributed by atoms with Gasteiger partial charge in [-0.2, -0.15) is 0 Å². The molecule has 0 saturated heterocycles. The molecule has 5 nitrogen and oxygen atoms in total. The number of hydrogen-bond acceptors (Lipinski definition) is 5. The third-order valence-electron chi connectivity index (χ3n) is 2.99. The van der Waals surface area contributed by atoms with Crippen LogP contribution < -0.4 is 4.74 Å². The minimum Gasteiger partial charge on any atom is -0.492 e. The molecule has 0 fully saturated rings. The SMILES string of the molecule is CCOc1cncc(C(O)c2ccc(S(C)(=O)=O)cc2)c1. The highest BCUT2D eigenvalue weighted by Crippen LogP contribution is 2.25. The van der Waals surface area contributed by atoms with Crippen LogP contribution in [0.25, 0.3) is 0 Å². The van der Waals surface area contributed by atoms with Crippen LogP contribution in [0.4, 0.5) is 0 Å². The van der Waals surface area contributed by atoms with Crippen LogP contribution in [0, 0.1) is 0 Å². The minimum absolute atomic E-state index is 0.222. The number of rotatable bonds is 5. The summed E-state index contributed by atoms with van der Waals surface area (Å²) in [6.07, 6.45) is 3.39. The first-order valence-corrected chi connectivity index (χ1v) is 8.37. The van der Waals surface area contributed by atoms with Crippen LogP contribution in [0.15, 0.2) is 47.6 Å². The second kappa shape index (κ2) is 6.24. The minimum atomic E-state index is -3.24. The van der Waals surface area contributed by atoms with Gasteiger partial charge < -0.3 is 9.84 Å². The van der Waals surface area contributed by atoms with Crippen LogP contribution >= 0.6 is 0 Å². The largest absolute Gasteiger partial charge is 0.492 e. The summed E-state index contributed by atoms with van der Waals surface area (Å²) in [7, 11) is -3.24. The van der Waals surface area contributed by atoms with Gasteiger partial charge in [0.1, 0.15) is 11.9 Å². The Morgan fingerprint density at radius 3 is 2.43 bits per heavy atom. The molecule has 21 heavy (non-hydrogen) atoms. The van der Waals surface area contributed by atoms with E-state index in [2.05, 4.69) is 4.98 Å². The van der Waals surface area contributed by atoms with Crippen molar-refractivity contribution in [1.82, 2.24) is 4.98 Å². The summed E-state index contributed by atoms with van der Waals surface area (Å²) in [4.78, 5) is 4.25. The molecule has 0 aliphatic carbocycles. The van der Waals surface area contributed by atoms with Crippen molar-refractivity contribution < 1.29 is 18.3 Å². The Labute approximate surface area is 124 Å². The average molecular weight is 307 g/mol. The van der Waals surface area contributed by atoms with Crippen LogP contribution in [-0.2, 0) is 9.84 Å². The van der Waals surface area contributed by atoms with Crippen molar-refractivity contribution >= 4 is 9.84 Å². The molecule has 0 amide bonds. The van der Waals surface area contributed by atoms with Crippen molar-refractivity contribution in [3.8, 4) is 5.75 Å². The standard InChI is InChI=1S/C15H17NO4S/c1-3-20-13-8-12(9-16-10-13)15(17)11-4-6-14(7-5-11)21(2,18)19/h4-10,15,17H,3H2,1-2H3. The molecule has 1 aromatic heterocycles. The van der Waals surface area contributed by atoms with Crippen molar-refractivity contribution in [3.05, 3.63) is 53.9 Å². The van der Waals surface area contributed by atoms with Crippen LogP contribution in [0.3, 0.4) is 0 Å². The highest BCUT2D eigenvalue weighted by molar-refractivity contribution is 7.90. The highest BCUT2D eigenvalue weighted by atomic mass is 32.2. The van der Waals surface area contributed by atoms with E-state index in [-0.39, 0.29) is 4.90 Å². The number of nitrogens with zero attached hydrogens (tertiary/aromatic N) is 1. The molecule has 1 atom stereocenters. The zero-order chi connectivity index (χ0) is 15.5. The van der Waals surface area contributed by atoms with E-state index in [0.717, 1.165) is 6.26 Å². The molecule has 0 spiro atoms. The average Bonchev–Trinajstić information content (AvgIpc) is 2.46. The number of benzene rings is 1. The number of aliphatic hydroxyl groups is 1. The molecule has 6 heteroatoms. The van der Waals surface area contributed by atoms with Gasteiger partial charge in [-0.3, -0.25) is 4.98 Å². The van der Waals surface area contributed by atoms with Gasteiger partial charge in [-0.25, -0.2) is 8.42 Å².